The highest BCUT2D eigenvalue weighted by Gasteiger charge is 2.17. The normalized spacial score (nSPS) is 11.6. The average Bonchev–Trinajstić information content (AvgIpc) is 3.21. The van der Waals surface area contributed by atoms with E-state index in [1.807, 2.05) is 0 Å². The Morgan fingerprint density at radius 2 is 1.76 bits per heavy atom. The molecule has 4 N–H and O–H groups in total. The van der Waals surface area contributed by atoms with Crippen LogP contribution < -0.4 is 10.0 Å². The summed E-state index contributed by atoms with van der Waals surface area (Å²) in [6, 6.07) is 15.6. The number of nitrogens with zero attached hydrogens (tertiary/aromatic N) is 1. The monoisotopic (exact) mass is 468 g/mol. The van der Waals surface area contributed by atoms with Gasteiger partial charge in [-0.1, -0.05) is 12.1 Å². The second kappa shape index (κ2) is 9.00. The van der Waals surface area contributed by atoms with E-state index >= 15 is 0 Å². The molecule has 0 spiro atoms. The minimum absolute atomic E-state index is 0.0607. The van der Waals surface area contributed by atoms with Crippen LogP contribution in [0.5, 0.6) is 5.75 Å². The molecule has 1 heterocycles. The summed E-state index contributed by atoms with van der Waals surface area (Å²) in [5, 5.41) is 13.0. The van der Waals surface area contributed by atoms with Crippen molar-refractivity contribution in [1.82, 2.24) is 14.7 Å². The van der Waals surface area contributed by atoms with Gasteiger partial charge in [0.05, 0.1) is 11.8 Å². The molecular formula is C23H21FN4O4S. The predicted octanol–water partition coefficient (Wildman–Crippen LogP) is 3.42. The molecule has 1 aromatic heterocycles. The van der Waals surface area contributed by atoms with Crippen LogP contribution in [-0.2, 0) is 16.4 Å². The number of halogens is 1. The van der Waals surface area contributed by atoms with Crippen molar-refractivity contribution in [3.8, 4) is 17.1 Å². The number of amides is 1. The van der Waals surface area contributed by atoms with E-state index in [2.05, 4.69) is 20.0 Å². The van der Waals surface area contributed by atoms with Gasteiger partial charge in [0, 0.05) is 17.8 Å². The van der Waals surface area contributed by atoms with Crippen LogP contribution >= 0.6 is 0 Å². The van der Waals surface area contributed by atoms with Gasteiger partial charge in [-0.05, 0) is 60.5 Å². The first-order valence-electron chi connectivity index (χ1n) is 10.0. The Bertz CT molecular complexity index is 1420. The summed E-state index contributed by atoms with van der Waals surface area (Å²) in [4.78, 5) is 20.4. The van der Waals surface area contributed by atoms with Gasteiger partial charge >= 0.3 is 0 Å². The van der Waals surface area contributed by atoms with Crippen molar-refractivity contribution in [3.05, 3.63) is 77.6 Å². The van der Waals surface area contributed by atoms with Gasteiger partial charge in [0.15, 0.2) is 0 Å². The molecule has 1 amide bonds. The zero-order chi connectivity index (χ0) is 23.6. The summed E-state index contributed by atoms with van der Waals surface area (Å²) in [7, 11) is -3.24. The number of H-pyrrole nitrogens is 1. The Kier molecular flexibility index (Phi) is 6.12. The number of nitrogens with one attached hydrogen (secondary N) is 3. The molecule has 33 heavy (non-hydrogen) atoms. The molecule has 10 heteroatoms. The SMILES string of the molecule is CS(=O)(=O)NCCc1ccc(NC(=O)c2ccc(O)c3[nH]c(-c4ccc(F)cc4)nc23)cc1. The van der Waals surface area contributed by atoms with Crippen LogP contribution in [-0.4, -0.2) is 42.2 Å². The maximum atomic E-state index is 13.2. The fraction of sp³-hybridized carbons (Fsp3) is 0.130. The van der Waals surface area contributed by atoms with E-state index in [0.717, 1.165) is 11.8 Å². The molecule has 0 bridgehead atoms. The zero-order valence-corrected chi connectivity index (χ0v) is 18.4. The van der Waals surface area contributed by atoms with E-state index in [1.54, 1.807) is 36.4 Å². The van der Waals surface area contributed by atoms with E-state index in [4.69, 9.17) is 0 Å². The average molecular weight is 469 g/mol. The molecule has 0 aliphatic heterocycles. The third kappa shape index (κ3) is 5.36. The fourth-order valence-corrected chi connectivity index (χ4v) is 3.81. The lowest BCUT2D eigenvalue weighted by molar-refractivity contribution is 0.102. The second-order valence-corrected chi connectivity index (χ2v) is 9.35. The number of carbonyl (C=O) groups excluding carboxylic acids is 1. The summed E-state index contributed by atoms with van der Waals surface area (Å²) < 4.78 is 38.0. The van der Waals surface area contributed by atoms with Gasteiger partial charge in [-0.25, -0.2) is 22.5 Å². The third-order valence-electron chi connectivity index (χ3n) is 4.97. The summed E-state index contributed by atoms with van der Waals surface area (Å²) in [5.41, 5.74) is 2.92. The van der Waals surface area contributed by atoms with Gasteiger partial charge in [0.1, 0.15) is 28.4 Å². The minimum Gasteiger partial charge on any atom is -0.506 e. The van der Waals surface area contributed by atoms with Crippen molar-refractivity contribution in [2.45, 2.75) is 6.42 Å². The Morgan fingerprint density at radius 1 is 1.06 bits per heavy atom. The quantitative estimate of drug-likeness (QED) is 0.331. The number of anilines is 1. The molecule has 0 saturated heterocycles. The first-order chi connectivity index (χ1) is 15.7. The summed E-state index contributed by atoms with van der Waals surface area (Å²) in [5.74, 6) is -0.457. The number of sulfonamides is 1. The maximum Gasteiger partial charge on any atom is 0.257 e. The van der Waals surface area contributed by atoms with Gasteiger partial charge in [-0.15, -0.1) is 0 Å². The Hall–Kier alpha value is -3.76. The highest BCUT2D eigenvalue weighted by molar-refractivity contribution is 7.88. The van der Waals surface area contributed by atoms with Crippen molar-refractivity contribution in [1.29, 1.82) is 0 Å². The molecular weight excluding hydrogens is 447 g/mol. The number of hydrogen-bond acceptors (Lipinski definition) is 5. The first-order valence-corrected chi connectivity index (χ1v) is 11.9. The molecule has 3 aromatic carbocycles. The zero-order valence-electron chi connectivity index (χ0n) is 17.6. The molecule has 4 rings (SSSR count). The molecule has 8 nitrogen and oxygen atoms in total. The van der Waals surface area contributed by atoms with E-state index < -0.39 is 15.9 Å². The van der Waals surface area contributed by atoms with Crippen LogP contribution in [0.15, 0.2) is 60.7 Å². The molecule has 0 atom stereocenters. The van der Waals surface area contributed by atoms with Crippen LogP contribution in [0.3, 0.4) is 0 Å². The second-order valence-electron chi connectivity index (χ2n) is 7.52. The minimum atomic E-state index is -3.24. The number of rotatable bonds is 7. The van der Waals surface area contributed by atoms with Crippen molar-refractivity contribution in [3.63, 3.8) is 0 Å². The number of aromatic nitrogens is 2. The highest BCUT2D eigenvalue weighted by Crippen LogP contribution is 2.29. The molecule has 0 radical (unpaired) electrons. The number of imidazole rings is 1. The molecule has 0 saturated carbocycles. The lowest BCUT2D eigenvalue weighted by atomic mass is 10.1. The number of hydrogen-bond donors (Lipinski definition) is 4. The molecule has 0 fully saturated rings. The number of phenols is 1. The molecule has 0 aliphatic carbocycles. The Morgan fingerprint density at radius 3 is 2.42 bits per heavy atom. The third-order valence-corrected chi connectivity index (χ3v) is 5.70. The predicted molar refractivity (Wildman–Crippen MR) is 124 cm³/mol. The van der Waals surface area contributed by atoms with Gasteiger partial charge in [0.2, 0.25) is 10.0 Å². The van der Waals surface area contributed by atoms with Crippen LogP contribution in [0.25, 0.3) is 22.4 Å². The largest absolute Gasteiger partial charge is 0.506 e. The standard InChI is InChI=1S/C23H21FN4O4S/c1-33(31,32)25-13-12-14-2-8-17(9-3-14)26-23(30)18-10-11-19(29)21-20(18)27-22(28-21)15-4-6-16(24)7-5-15/h2-11,25,29H,12-13H2,1H3,(H,26,30)(H,27,28). The van der Waals surface area contributed by atoms with E-state index in [-0.39, 0.29) is 29.2 Å². The Balaban J connectivity index is 1.53. The highest BCUT2D eigenvalue weighted by atomic mass is 32.2. The lowest BCUT2D eigenvalue weighted by Gasteiger charge is -2.08. The van der Waals surface area contributed by atoms with E-state index in [9.17, 15) is 22.7 Å². The van der Waals surface area contributed by atoms with Crippen molar-refractivity contribution in [2.75, 3.05) is 18.1 Å². The van der Waals surface area contributed by atoms with Crippen LogP contribution in [0.2, 0.25) is 0 Å². The molecule has 4 aromatic rings. The van der Waals surface area contributed by atoms with E-state index in [0.29, 0.717) is 29.0 Å². The van der Waals surface area contributed by atoms with Gasteiger partial charge in [-0.3, -0.25) is 4.79 Å². The maximum absolute atomic E-state index is 13.2. The number of aromatic hydroxyl groups is 1. The van der Waals surface area contributed by atoms with Gasteiger partial charge in [-0.2, -0.15) is 0 Å². The van der Waals surface area contributed by atoms with Gasteiger partial charge in [0.25, 0.3) is 5.91 Å². The van der Waals surface area contributed by atoms with Crippen LogP contribution in [0.4, 0.5) is 10.1 Å². The number of carbonyl (C=O) groups is 1. The number of benzene rings is 3. The van der Waals surface area contributed by atoms with E-state index in [1.165, 1.54) is 24.3 Å². The smallest absolute Gasteiger partial charge is 0.257 e. The van der Waals surface area contributed by atoms with Crippen LogP contribution in [0.1, 0.15) is 15.9 Å². The van der Waals surface area contributed by atoms with Crippen molar-refractivity contribution < 1.29 is 22.7 Å². The summed E-state index contributed by atoms with van der Waals surface area (Å²) in [6.07, 6.45) is 1.62. The lowest BCUT2D eigenvalue weighted by Crippen LogP contribution is -2.24. The number of phenolic OH excluding ortho intramolecular Hbond substituents is 1. The van der Waals surface area contributed by atoms with Crippen molar-refractivity contribution in [2.24, 2.45) is 0 Å². The summed E-state index contributed by atoms with van der Waals surface area (Å²) in [6.45, 7) is 0.283. The number of fused-ring (bicyclic) bond motifs is 1. The molecule has 170 valence electrons. The van der Waals surface area contributed by atoms with Gasteiger partial charge < -0.3 is 15.4 Å². The molecule has 0 aliphatic rings. The molecule has 0 unspecified atom stereocenters. The first kappa shape index (κ1) is 22.4. The van der Waals surface area contributed by atoms with Crippen LogP contribution in [0, 0.1) is 5.82 Å². The number of aromatic amines is 1. The Labute approximate surface area is 189 Å². The fourth-order valence-electron chi connectivity index (χ4n) is 3.34. The van der Waals surface area contributed by atoms with Crippen molar-refractivity contribution >= 4 is 32.7 Å². The summed E-state index contributed by atoms with van der Waals surface area (Å²) >= 11 is 0. The topological polar surface area (TPSA) is 124 Å².